The number of carbonyl (C=O) groups is 1. The lowest BCUT2D eigenvalue weighted by atomic mass is 10.2. The van der Waals surface area contributed by atoms with Crippen molar-refractivity contribution >= 4 is 11.6 Å². The van der Waals surface area contributed by atoms with Crippen LogP contribution in [-0.2, 0) is 4.79 Å². The summed E-state index contributed by atoms with van der Waals surface area (Å²) in [5.74, 6) is 2.05. The summed E-state index contributed by atoms with van der Waals surface area (Å²) >= 11 is 0. The second-order valence-electron chi connectivity index (χ2n) is 4.37. The van der Waals surface area contributed by atoms with E-state index in [2.05, 4.69) is 12.2 Å². The molecule has 1 aliphatic rings. The number of benzene rings is 1. The van der Waals surface area contributed by atoms with Crippen molar-refractivity contribution in [2.24, 2.45) is 11.8 Å². The molecule has 1 aliphatic carbocycles. The molecule has 1 fully saturated rings. The van der Waals surface area contributed by atoms with E-state index in [1.807, 2.05) is 0 Å². The van der Waals surface area contributed by atoms with Crippen molar-refractivity contribution in [2.75, 3.05) is 19.5 Å². The van der Waals surface area contributed by atoms with Gasteiger partial charge in [0, 0.05) is 12.0 Å². The molecule has 2 atom stereocenters. The summed E-state index contributed by atoms with van der Waals surface area (Å²) < 4.78 is 10.3. The predicted octanol–water partition coefficient (Wildman–Crippen LogP) is 2.30. The van der Waals surface area contributed by atoms with Gasteiger partial charge in [-0.1, -0.05) is 6.92 Å². The first-order chi connectivity index (χ1) is 8.15. The van der Waals surface area contributed by atoms with Crippen LogP contribution in [0, 0.1) is 11.8 Å². The summed E-state index contributed by atoms with van der Waals surface area (Å²) in [6, 6.07) is 5.35. The highest BCUT2D eigenvalue weighted by Crippen LogP contribution is 2.39. The monoisotopic (exact) mass is 235 g/mol. The summed E-state index contributed by atoms with van der Waals surface area (Å²) in [4.78, 5) is 11.8. The molecular weight excluding hydrogens is 218 g/mol. The smallest absolute Gasteiger partial charge is 0.227 e. The van der Waals surface area contributed by atoms with Crippen molar-refractivity contribution in [3.8, 4) is 11.5 Å². The molecule has 0 aromatic heterocycles. The first-order valence-corrected chi connectivity index (χ1v) is 5.68. The van der Waals surface area contributed by atoms with Crippen molar-refractivity contribution in [3.05, 3.63) is 18.2 Å². The summed E-state index contributed by atoms with van der Waals surface area (Å²) in [6.45, 7) is 2.08. The van der Waals surface area contributed by atoms with Crippen molar-refractivity contribution in [1.82, 2.24) is 0 Å². The summed E-state index contributed by atoms with van der Waals surface area (Å²) in [5, 5.41) is 2.89. The minimum atomic E-state index is 0.0703. The SMILES string of the molecule is COc1ccc(NC(=O)[C@@H]2C[C@@H]2C)c(OC)c1. The van der Waals surface area contributed by atoms with Gasteiger partial charge in [-0.05, 0) is 24.5 Å². The first kappa shape index (κ1) is 11.8. The number of hydrogen-bond donors (Lipinski definition) is 1. The van der Waals surface area contributed by atoms with Crippen LogP contribution >= 0.6 is 0 Å². The van der Waals surface area contributed by atoms with Crippen molar-refractivity contribution in [2.45, 2.75) is 13.3 Å². The van der Waals surface area contributed by atoms with E-state index in [1.165, 1.54) is 0 Å². The number of carbonyl (C=O) groups excluding carboxylic acids is 1. The van der Waals surface area contributed by atoms with Crippen LogP contribution in [0.1, 0.15) is 13.3 Å². The van der Waals surface area contributed by atoms with Gasteiger partial charge in [0.1, 0.15) is 11.5 Å². The van der Waals surface area contributed by atoms with Gasteiger partial charge in [0.15, 0.2) is 0 Å². The van der Waals surface area contributed by atoms with Gasteiger partial charge < -0.3 is 14.8 Å². The number of amides is 1. The lowest BCUT2D eigenvalue weighted by molar-refractivity contribution is -0.117. The van der Waals surface area contributed by atoms with E-state index in [0.717, 1.165) is 6.42 Å². The molecular formula is C13H17NO3. The van der Waals surface area contributed by atoms with Crippen LogP contribution in [-0.4, -0.2) is 20.1 Å². The summed E-state index contributed by atoms with van der Waals surface area (Å²) in [7, 11) is 3.17. The second-order valence-corrected chi connectivity index (χ2v) is 4.37. The molecule has 0 unspecified atom stereocenters. The maximum absolute atomic E-state index is 11.8. The normalized spacial score (nSPS) is 21.8. The van der Waals surface area contributed by atoms with Crippen LogP contribution < -0.4 is 14.8 Å². The van der Waals surface area contributed by atoms with Gasteiger partial charge in [0.2, 0.25) is 5.91 Å². The average Bonchev–Trinajstić information content (AvgIpc) is 3.07. The van der Waals surface area contributed by atoms with Gasteiger partial charge >= 0.3 is 0 Å². The molecule has 1 aromatic carbocycles. The zero-order valence-corrected chi connectivity index (χ0v) is 10.3. The van der Waals surface area contributed by atoms with Crippen LogP contribution in [0.5, 0.6) is 11.5 Å². The Labute approximate surface area is 101 Å². The van der Waals surface area contributed by atoms with E-state index >= 15 is 0 Å². The minimum Gasteiger partial charge on any atom is -0.497 e. The van der Waals surface area contributed by atoms with Crippen LogP contribution in [0.2, 0.25) is 0 Å². The largest absolute Gasteiger partial charge is 0.497 e. The van der Waals surface area contributed by atoms with Gasteiger partial charge in [-0.25, -0.2) is 0 Å². The van der Waals surface area contributed by atoms with Crippen LogP contribution in [0.15, 0.2) is 18.2 Å². The Morgan fingerprint density at radius 1 is 1.35 bits per heavy atom. The van der Waals surface area contributed by atoms with E-state index in [9.17, 15) is 4.79 Å². The van der Waals surface area contributed by atoms with Gasteiger partial charge in [-0.15, -0.1) is 0 Å². The molecule has 0 aliphatic heterocycles. The first-order valence-electron chi connectivity index (χ1n) is 5.68. The predicted molar refractivity (Wildman–Crippen MR) is 65.4 cm³/mol. The fourth-order valence-electron chi connectivity index (χ4n) is 1.81. The fourth-order valence-corrected chi connectivity index (χ4v) is 1.81. The molecule has 0 heterocycles. The van der Waals surface area contributed by atoms with E-state index < -0.39 is 0 Å². The molecule has 4 heteroatoms. The highest BCUT2D eigenvalue weighted by Gasteiger charge is 2.39. The Morgan fingerprint density at radius 3 is 2.59 bits per heavy atom. The highest BCUT2D eigenvalue weighted by atomic mass is 16.5. The van der Waals surface area contributed by atoms with Crippen molar-refractivity contribution in [3.63, 3.8) is 0 Å². The number of ether oxygens (including phenoxy) is 2. The lowest BCUT2D eigenvalue weighted by Crippen LogP contribution is -2.15. The molecule has 1 amide bonds. The van der Waals surface area contributed by atoms with Crippen LogP contribution in [0.3, 0.4) is 0 Å². The number of methoxy groups -OCH3 is 2. The molecule has 1 N–H and O–H groups in total. The standard InChI is InChI=1S/C13H17NO3/c1-8-6-10(8)13(15)14-11-5-4-9(16-2)7-12(11)17-3/h4-5,7-8,10H,6H2,1-3H3,(H,14,15)/t8-,10+/m0/s1. The number of rotatable bonds is 4. The van der Waals surface area contributed by atoms with E-state index in [-0.39, 0.29) is 11.8 Å². The van der Waals surface area contributed by atoms with E-state index in [0.29, 0.717) is 23.1 Å². The maximum Gasteiger partial charge on any atom is 0.227 e. The van der Waals surface area contributed by atoms with E-state index in [1.54, 1.807) is 32.4 Å². The number of nitrogens with one attached hydrogen (secondary N) is 1. The molecule has 0 saturated heterocycles. The third-order valence-electron chi connectivity index (χ3n) is 3.11. The van der Waals surface area contributed by atoms with Gasteiger partial charge in [-0.2, -0.15) is 0 Å². The third kappa shape index (κ3) is 2.52. The Kier molecular flexibility index (Phi) is 3.22. The molecule has 0 spiro atoms. The van der Waals surface area contributed by atoms with Gasteiger partial charge in [-0.3, -0.25) is 4.79 Å². The quantitative estimate of drug-likeness (QED) is 0.871. The third-order valence-corrected chi connectivity index (χ3v) is 3.11. The van der Waals surface area contributed by atoms with Gasteiger partial charge in [0.25, 0.3) is 0 Å². The summed E-state index contributed by atoms with van der Waals surface area (Å²) in [5.41, 5.74) is 0.692. The Hall–Kier alpha value is -1.71. The summed E-state index contributed by atoms with van der Waals surface area (Å²) in [6.07, 6.45) is 0.976. The maximum atomic E-state index is 11.8. The topological polar surface area (TPSA) is 47.6 Å². The molecule has 1 aromatic rings. The zero-order chi connectivity index (χ0) is 12.4. The molecule has 2 rings (SSSR count). The Bertz CT molecular complexity index is 431. The highest BCUT2D eigenvalue weighted by molar-refractivity contribution is 5.95. The van der Waals surface area contributed by atoms with Gasteiger partial charge in [0.05, 0.1) is 19.9 Å². The number of anilines is 1. The van der Waals surface area contributed by atoms with Crippen molar-refractivity contribution < 1.29 is 14.3 Å². The molecule has 0 radical (unpaired) electrons. The second kappa shape index (κ2) is 4.65. The fraction of sp³-hybridized carbons (Fsp3) is 0.462. The Balaban J connectivity index is 2.12. The van der Waals surface area contributed by atoms with Crippen LogP contribution in [0.4, 0.5) is 5.69 Å². The Morgan fingerprint density at radius 2 is 2.06 bits per heavy atom. The lowest BCUT2D eigenvalue weighted by Gasteiger charge is -2.11. The average molecular weight is 235 g/mol. The molecule has 0 bridgehead atoms. The van der Waals surface area contributed by atoms with Crippen molar-refractivity contribution in [1.29, 1.82) is 0 Å². The molecule has 92 valence electrons. The molecule has 1 saturated carbocycles. The minimum absolute atomic E-state index is 0.0703. The zero-order valence-electron chi connectivity index (χ0n) is 10.3. The van der Waals surface area contributed by atoms with Crippen LogP contribution in [0.25, 0.3) is 0 Å². The number of hydrogen-bond acceptors (Lipinski definition) is 3. The molecule has 4 nitrogen and oxygen atoms in total. The van der Waals surface area contributed by atoms with E-state index in [4.69, 9.17) is 9.47 Å². The molecule has 17 heavy (non-hydrogen) atoms.